The molecule has 0 aliphatic rings. The monoisotopic (exact) mass is 217 g/mol. The summed E-state index contributed by atoms with van der Waals surface area (Å²) in [5, 5.41) is 10.4. The van der Waals surface area contributed by atoms with E-state index in [1.807, 2.05) is 13.8 Å². The first kappa shape index (κ1) is 13.9. The van der Waals surface area contributed by atoms with Crippen LogP contribution in [0.1, 0.15) is 33.6 Å². The first-order valence-corrected chi connectivity index (χ1v) is 5.23. The largest absolute Gasteiger partial charge is 0.466 e. The fraction of sp³-hybridized carbons (Fsp3) is 0.900. The Labute approximate surface area is 90.0 Å². The lowest BCUT2D eigenvalue weighted by molar-refractivity contribution is -0.488. The van der Waals surface area contributed by atoms with Gasteiger partial charge in [0.05, 0.1) is 13.0 Å². The minimum Gasteiger partial charge on any atom is -0.466 e. The van der Waals surface area contributed by atoms with Gasteiger partial charge in [-0.1, -0.05) is 13.8 Å². The van der Waals surface area contributed by atoms with E-state index in [1.54, 1.807) is 6.92 Å². The average molecular weight is 217 g/mol. The highest BCUT2D eigenvalue weighted by molar-refractivity contribution is 5.69. The van der Waals surface area contributed by atoms with Gasteiger partial charge in [-0.15, -0.1) is 0 Å². The van der Waals surface area contributed by atoms with Gasteiger partial charge in [-0.05, 0) is 19.3 Å². The Morgan fingerprint density at radius 2 is 2.07 bits per heavy atom. The number of rotatable bonds is 7. The highest BCUT2D eigenvalue weighted by Gasteiger charge is 2.21. The molecule has 5 nitrogen and oxygen atoms in total. The van der Waals surface area contributed by atoms with Crippen LogP contribution >= 0.6 is 0 Å². The summed E-state index contributed by atoms with van der Waals surface area (Å²) in [6.45, 7) is 5.86. The molecule has 0 heterocycles. The van der Waals surface area contributed by atoms with Gasteiger partial charge in [0.15, 0.2) is 0 Å². The Bertz CT molecular complexity index is 215. The summed E-state index contributed by atoms with van der Waals surface area (Å²) in [5.41, 5.74) is 0. The van der Waals surface area contributed by atoms with E-state index in [4.69, 9.17) is 4.74 Å². The molecule has 0 saturated carbocycles. The molecule has 1 atom stereocenters. The fourth-order valence-electron chi connectivity index (χ4n) is 1.56. The van der Waals surface area contributed by atoms with Crippen LogP contribution < -0.4 is 0 Å². The highest BCUT2D eigenvalue weighted by atomic mass is 16.6. The lowest BCUT2D eigenvalue weighted by Crippen LogP contribution is -2.21. The number of nitro groups is 1. The third-order valence-electron chi connectivity index (χ3n) is 1.97. The molecular weight excluding hydrogens is 198 g/mol. The number of carbonyl (C=O) groups is 1. The Morgan fingerprint density at radius 1 is 1.47 bits per heavy atom. The Morgan fingerprint density at radius 3 is 2.47 bits per heavy atom. The smallest absolute Gasteiger partial charge is 0.306 e. The molecule has 0 saturated heterocycles. The maximum Gasteiger partial charge on any atom is 0.306 e. The second-order valence-corrected chi connectivity index (χ2v) is 4.02. The van der Waals surface area contributed by atoms with Crippen LogP contribution in [0.4, 0.5) is 0 Å². The van der Waals surface area contributed by atoms with Crippen molar-refractivity contribution in [1.29, 1.82) is 0 Å². The van der Waals surface area contributed by atoms with E-state index in [0.717, 1.165) is 0 Å². The molecule has 0 aliphatic carbocycles. The minimum absolute atomic E-state index is 0.146. The topological polar surface area (TPSA) is 69.4 Å². The second kappa shape index (κ2) is 7.20. The van der Waals surface area contributed by atoms with Crippen molar-refractivity contribution in [3.8, 4) is 0 Å². The van der Waals surface area contributed by atoms with Crippen molar-refractivity contribution in [1.82, 2.24) is 0 Å². The van der Waals surface area contributed by atoms with Crippen molar-refractivity contribution < 1.29 is 14.5 Å². The summed E-state index contributed by atoms with van der Waals surface area (Å²) in [4.78, 5) is 21.2. The number of hydrogen-bond acceptors (Lipinski definition) is 4. The van der Waals surface area contributed by atoms with Crippen LogP contribution in [0.3, 0.4) is 0 Å². The zero-order valence-corrected chi connectivity index (χ0v) is 9.56. The first-order chi connectivity index (χ1) is 6.95. The molecule has 0 spiro atoms. The van der Waals surface area contributed by atoms with Crippen molar-refractivity contribution in [2.75, 3.05) is 13.2 Å². The molecule has 0 aromatic carbocycles. The maximum atomic E-state index is 11.2. The summed E-state index contributed by atoms with van der Waals surface area (Å²) in [6, 6.07) is 0. The molecule has 0 bridgehead atoms. The molecule has 15 heavy (non-hydrogen) atoms. The number of carbonyl (C=O) groups excluding carboxylic acids is 1. The van der Waals surface area contributed by atoms with E-state index in [0.29, 0.717) is 18.9 Å². The van der Waals surface area contributed by atoms with E-state index in [9.17, 15) is 14.9 Å². The van der Waals surface area contributed by atoms with Gasteiger partial charge in [-0.25, -0.2) is 0 Å². The van der Waals surface area contributed by atoms with Crippen molar-refractivity contribution in [3.05, 3.63) is 10.1 Å². The van der Waals surface area contributed by atoms with E-state index in [2.05, 4.69) is 0 Å². The minimum atomic E-state index is -0.369. The Kier molecular flexibility index (Phi) is 6.66. The van der Waals surface area contributed by atoms with Crippen LogP contribution in [0, 0.1) is 22.0 Å². The van der Waals surface area contributed by atoms with Crippen LogP contribution in [-0.2, 0) is 9.53 Å². The quantitative estimate of drug-likeness (QED) is 0.371. The van der Waals surface area contributed by atoms with Gasteiger partial charge in [0.1, 0.15) is 0 Å². The van der Waals surface area contributed by atoms with E-state index >= 15 is 0 Å². The molecule has 0 N–H and O–H groups in total. The van der Waals surface area contributed by atoms with Gasteiger partial charge in [0.2, 0.25) is 6.54 Å². The van der Waals surface area contributed by atoms with Crippen molar-refractivity contribution >= 4 is 5.97 Å². The molecular formula is C10H19NO4. The zero-order chi connectivity index (χ0) is 11.8. The predicted octanol–water partition coefficient (Wildman–Crippen LogP) is 1.88. The van der Waals surface area contributed by atoms with Gasteiger partial charge in [0, 0.05) is 10.8 Å². The van der Waals surface area contributed by atoms with Crippen LogP contribution in [0.15, 0.2) is 0 Å². The number of esters is 1. The van der Waals surface area contributed by atoms with Crippen molar-refractivity contribution in [2.24, 2.45) is 11.8 Å². The molecule has 0 unspecified atom stereocenters. The first-order valence-electron chi connectivity index (χ1n) is 5.23. The molecule has 0 amide bonds. The molecule has 0 aromatic rings. The van der Waals surface area contributed by atoms with Gasteiger partial charge >= 0.3 is 5.97 Å². The third kappa shape index (κ3) is 7.90. The third-order valence-corrected chi connectivity index (χ3v) is 1.97. The standard InChI is InChI=1S/C10H19NO4/c1-4-15-10(12)6-9(5-8(2)3)7-11(13)14/h8-9H,4-7H2,1-3H3/t9-/m1/s1. The summed E-state index contributed by atoms with van der Waals surface area (Å²) >= 11 is 0. The van der Waals surface area contributed by atoms with Gasteiger partial charge in [-0.2, -0.15) is 0 Å². The molecule has 5 heteroatoms. The molecule has 0 rings (SSSR count). The predicted molar refractivity (Wildman–Crippen MR) is 56.1 cm³/mol. The molecule has 0 radical (unpaired) electrons. The van der Waals surface area contributed by atoms with Crippen LogP contribution in [0.25, 0.3) is 0 Å². The molecule has 0 fully saturated rings. The summed E-state index contributed by atoms with van der Waals surface area (Å²) < 4.78 is 4.77. The van der Waals surface area contributed by atoms with Gasteiger partial charge < -0.3 is 4.74 Å². The second-order valence-electron chi connectivity index (χ2n) is 4.02. The zero-order valence-electron chi connectivity index (χ0n) is 9.56. The van der Waals surface area contributed by atoms with Crippen molar-refractivity contribution in [2.45, 2.75) is 33.6 Å². The Hall–Kier alpha value is -1.13. The fourth-order valence-corrected chi connectivity index (χ4v) is 1.56. The Balaban J connectivity index is 4.11. The molecule has 0 aromatic heterocycles. The van der Waals surface area contributed by atoms with Crippen molar-refractivity contribution in [3.63, 3.8) is 0 Å². The lowest BCUT2D eigenvalue weighted by Gasteiger charge is -2.13. The SMILES string of the molecule is CCOC(=O)C[C@@H](CC(C)C)C[N+](=O)[O-]. The van der Waals surface area contributed by atoms with Gasteiger partial charge in [-0.3, -0.25) is 14.9 Å². The molecule has 0 aliphatic heterocycles. The average Bonchev–Trinajstić information content (AvgIpc) is 2.00. The van der Waals surface area contributed by atoms with E-state index < -0.39 is 0 Å². The normalized spacial score (nSPS) is 12.5. The summed E-state index contributed by atoms with van der Waals surface area (Å²) in [6.07, 6.45) is 0.826. The van der Waals surface area contributed by atoms with E-state index in [1.165, 1.54) is 0 Å². The number of ether oxygens (including phenoxy) is 1. The number of hydrogen-bond donors (Lipinski definition) is 0. The van der Waals surface area contributed by atoms with Crippen LogP contribution in [0.5, 0.6) is 0 Å². The highest BCUT2D eigenvalue weighted by Crippen LogP contribution is 2.16. The molecule has 88 valence electrons. The summed E-state index contributed by atoms with van der Waals surface area (Å²) in [7, 11) is 0. The van der Waals surface area contributed by atoms with Crippen LogP contribution in [0.2, 0.25) is 0 Å². The van der Waals surface area contributed by atoms with Crippen LogP contribution in [-0.4, -0.2) is 24.0 Å². The summed E-state index contributed by atoms with van der Waals surface area (Å²) in [5.74, 6) is -0.201. The maximum absolute atomic E-state index is 11.2. The van der Waals surface area contributed by atoms with Gasteiger partial charge in [0.25, 0.3) is 0 Å². The van der Waals surface area contributed by atoms with E-state index in [-0.39, 0.29) is 29.8 Å². The number of nitrogens with zero attached hydrogens (tertiary/aromatic N) is 1. The lowest BCUT2D eigenvalue weighted by atomic mass is 9.94.